The zero-order valence-electron chi connectivity index (χ0n) is 5.94. The summed E-state index contributed by atoms with van der Waals surface area (Å²) in [6.07, 6.45) is 0. The summed E-state index contributed by atoms with van der Waals surface area (Å²) in [4.78, 5) is -0.429. The molecule has 3 heteroatoms. The van der Waals surface area contributed by atoms with E-state index in [1.54, 1.807) is 0 Å². The van der Waals surface area contributed by atoms with Crippen LogP contribution in [0.15, 0.2) is 22.7 Å². The number of halogens is 3. The van der Waals surface area contributed by atoms with Crippen LogP contribution in [0.4, 0.5) is 0 Å². The monoisotopic (exact) mass is 252 g/mol. The molecule has 0 fully saturated rings. The van der Waals surface area contributed by atoms with Crippen molar-refractivity contribution in [2.45, 2.75) is 11.8 Å². The van der Waals surface area contributed by atoms with Crippen molar-refractivity contribution in [2.24, 2.45) is 0 Å². The number of rotatable bonds is 1. The Bertz CT molecular complexity index is 258. The van der Waals surface area contributed by atoms with Crippen LogP contribution in [-0.2, 0) is 0 Å². The summed E-state index contributed by atoms with van der Waals surface area (Å²) < 4.78 is 1.08. The van der Waals surface area contributed by atoms with Crippen LogP contribution in [0.25, 0.3) is 0 Å². The molecule has 0 saturated heterocycles. The van der Waals surface area contributed by atoms with E-state index in [0.29, 0.717) is 0 Å². The quantitative estimate of drug-likeness (QED) is 0.657. The minimum atomic E-state index is -0.429. The van der Waals surface area contributed by atoms with Crippen molar-refractivity contribution < 1.29 is 0 Å². The van der Waals surface area contributed by atoms with Crippen LogP contribution < -0.4 is 0 Å². The molecular weight excluding hydrogens is 247 g/mol. The second-order valence-corrected chi connectivity index (χ2v) is 4.26. The van der Waals surface area contributed by atoms with E-state index in [4.69, 9.17) is 23.2 Å². The van der Waals surface area contributed by atoms with Crippen molar-refractivity contribution in [1.29, 1.82) is 0 Å². The lowest BCUT2D eigenvalue weighted by molar-refractivity contribution is 1.29. The van der Waals surface area contributed by atoms with E-state index in [1.165, 1.54) is 0 Å². The maximum atomic E-state index is 5.68. The number of benzene rings is 1. The molecule has 60 valence electrons. The molecule has 0 atom stereocenters. The van der Waals surface area contributed by atoms with Gasteiger partial charge in [0, 0.05) is 4.47 Å². The summed E-state index contributed by atoms with van der Waals surface area (Å²) in [7, 11) is 0. The standard InChI is InChI=1S/C8H7BrCl2/c1-5-4-6(8(10)11)2-3-7(5)9/h2-4,8H,1H3. The SMILES string of the molecule is Cc1cc(C(Cl)Cl)ccc1Br. The molecule has 0 heterocycles. The van der Waals surface area contributed by atoms with Gasteiger partial charge in [-0.15, -0.1) is 23.2 Å². The molecule has 0 saturated carbocycles. The van der Waals surface area contributed by atoms with Crippen molar-refractivity contribution in [1.82, 2.24) is 0 Å². The molecule has 1 aromatic carbocycles. The van der Waals surface area contributed by atoms with Gasteiger partial charge in [0.15, 0.2) is 0 Å². The van der Waals surface area contributed by atoms with Gasteiger partial charge in [-0.05, 0) is 24.1 Å². The molecule has 1 aromatic rings. The lowest BCUT2D eigenvalue weighted by Gasteiger charge is -2.03. The highest BCUT2D eigenvalue weighted by Crippen LogP contribution is 2.27. The molecule has 0 N–H and O–H groups in total. The smallest absolute Gasteiger partial charge is 0.100 e. The molecule has 0 nitrogen and oxygen atoms in total. The highest BCUT2D eigenvalue weighted by molar-refractivity contribution is 9.10. The van der Waals surface area contributed by atoms with E-state index in [9.17, 15) is 0 Å². The number of alkyl halides is 2. The van der Waals surface area contributed by atoms with Crippen LogP contribution in [0.2, 0.25) is 0 Å². The maximum Gasteiger partial charge on any atom is 0.132 e. The first kappa shape index (κ1) is 9.37. The molecule has 0 unspecified atom stereocenters. The van der Waals surface area contributed by atoms with Crippen molar-refractivity contribution in [3.8, 4) is 0 Å². The van der Waals surface area contributed by atoms with Gasteiger partial charge < -0.3 is 0 Å². The average Bonchev–Trinajstić information content (AvgIpc) is 1.94. The second-order valence-electron chi connectivity index (χ2n) is 2.31. The molecule has 0 amide bonds. The Kier molecular flexibility index (Phi) is 3.23. The number of hydrogen-bond acceptors (Lipinski definition) is 0. The van der Waals surface area contributed by atoms with E-state index >= 15 is 0 Å². The molecule has 1 rings (SSSR count). The Morgan fingerprint density at radius 2 is 2.00 bits per heavy atom. The molecule has 0 aliphatic heterocycles. The van der Waals surface area contributed by atoms with Gasteiger partial charge in [0.1, 0.15) is 4.84 Å². The lowest BCUT2D eigenvalue weighted by Crippen LogP contribution is -1.83. The van der Waals surface area contributed by atoms with Crippen LogP contribution in [0.5, 0.6) is 0 Å². The third kappa shape index (κ3) is 2.36. The summed E-state index contributed by atoms with van der Waals surface area (Å²) in [6, 6.07) is 5.82. The third-order valence-corrected chi connectivity index (χ3v) is 2.83. The molecule has 0 aliphatic carbocycles. The van der Waals surface area contributed by atoms with Crippen molar-refractivity contribution >= 4 is 39.1 Å². The molecule has 11 heavy (non-hydrogen) atoms. The first-order chi connectivity index (χ1) is 5.11. The van der Waals surface area contributed by atoms with Crippen LogP contribution in [-0.4, -0.2) is 0 Å². The molecule has 0 radical (unpaired) electrons. The predicted octanol–water partition coefficient (Wildman–Crippen LogP) is 4.23. The van der Waals surface area contributed by atoms with Gasteiger partial charge in [-0.3, -0.25) is 0 Å². The molecule has 0 aliphatic rings. The van der Waals surface area contributed by atoms with E-state index in [2.05, 4.69) is 15.9 Å². The van der Waals surface area contributed by atoms with Crippen LogP contribution in [0.1, 0.15) is 16.0 Å². The molecule has 0 bridgehead atoms. The highest BCUT2D eigenvalue weighted by Gasteiger charge is 2.03. The van der Waals surface area contributed by atoms with Gasteiger partial charge in [-0.2, -0.15) is 0 Å². The van der Waals surface area contributed by atoms with Crippen LogP contribution in [0, 0.1) is 6.92 Å². The third-order valence-electron chi connectivity index (χ3n) is 1.43. The normalized spacial score (nSPS) is 10.6. The molecule has 0 spiro atoms. The zero-order chi connectivity index (χ0) is 8.43. The fraction of sp³-hybridized carbons (Fsp3) is 0.250. The largest absolute Gasteiger partial charge is 0.132 e. The van der Waals surface area contributed by atoms with E-state index < -0.39 is 4.84 Å². The van der Waals surface area contributed by atoms with Gasteiger partial charge in [0.05, 0.1) is 0 Å². The minimum Gasteiger partial charge on any atom is -0.100 e. The van der Waals surface area contributed by atoms with E-state index in [-0.39, 0.29) is 0 Å². The second kappa shape index (κ2) is 3.79. The van der Waals surface area contributed by atoms with Crippen LogP contribution >= 0.6 is 39.1 Å². The van der Waals surface area contributed by atoms with Gasteiger partial charge >= 0.3 is 0 Å². The fourth-order valence-electron chi connectivity index (χ4n) is 0.804. The summed E-state index contributed by atoms with van der Waals surface area (Å²) in [5, 5.41) is 0. The van der Waals surface area contributed by atoms with Crippen LogP contribution in [0.3, 0.4) is 0 Å². The molecule has 0 aromatic heterocycles. The summed E-state index contributed by atoms with van der Waals surface area (Å²) >= 11 is 14.7. The minimum absolute atomic E-state index is 0.429. The summed E-state index contributed by atoms with van der Waals surface area (Å²) in [5.74, 6) is 0. The maximum absolute atomic E-state index is 5.68. The topological polar surface area (TPSA) is 0 Å². The lowest BCUT2D eigenvalue weighted by atomic mass is 10.2. The van der Waals surface area contributed by atoms with Gasteiger partial charge in [-0.25, -0.2) is 0 Å². The Balaban J connectivity index is 3.05. The predicted molar refractivity (Wildman–Crippen MR) is 53.3 cm³/mol. The fourth-order valence-corrected chi connectivity index (χ4v) is 1.32. The number of aryl methyl sites for hydroxylation is 1. The average molecular weight is 254 g/mol. The van der Waals surface area contributed by atoms with Gasteiger partial charge in [0.25, 0.3) is 0 Å². The van der Waals surface area contributed by atoms with Gasteiger partial charge in [0.2, 0.25) is 0 Å². The summed E-state index contributed by atoms with van der Waals surface area (Å²) in [6.45, 7) is 2.00. The Labute approximate surface area is 84.6 Å². The first-order valence-electron chi connectivity index (χ1n) is 3.15. The van der Waals surface area contributed by atoms with Crippen molar-refractivity contribution in [3.63, 3.8) is 0 Å². The van der Waals surface area contributed by atoms with Crippen molar-refractivity contribution in [2.75, 3.05) is 0 Å². The van der Waals surface area contributed by atoms with Gasteiger partial charge in [-0.1, -0.05) is 28.1 Å². The molecular formula is C8H7BrCl2. The zero-order valence-corrected chi connectivity index (χ0v) is 9.04. The van der Waals surface area contributed by atoms with Crippen molar-refractivity contribution in [3.05, 3.63) is 33.8 Å². The first-order valence-corrected chi connectivity index (χ1v) is 4.82. The Morgan fingerprint density at radius 1 is 1.36 bits per heavy atom. The Morgan fingerprint density at radius 3 is 2.45 bits per heavy atom. The summed E-state index contributed by atoms with van der Waals surface area (Å²) in [5.41, 5.74) is 2.09. The van der Waals surface area contributed by atoms with E-state index in [1.807, 2.05) is 25.1 Å². The van der Waals surface area contributed by atoms with E-state index in [0.717, 1.165) is 15.6 Å². The highest BCUT2D eigenvalue weighted by atomic mass is 79.9. The Hall–Kier alpha value is 0.280. The number of hydrogen-bond donors (Lipinski definition) is 0.